The molecule has 4 nitrogen and oxygen atoms in total. The third-order valence-electron chi connectivity index (χ3n) is 4.03. The highest BCUT2D eigenvalue weighted by molar-refractivity contribution is 6.02. The molecule has 114 valence electrons. The zero-order valence-corrected chi connectivity index (χ0v) is 12.8. The van der Waals surface area contributed by atoms with Gasteiger partial charge in [-0.2, -0.15) is 0 Å². The molecule has 1 aromatic heterocycles. The summed E-state index contributed by atoms with van der Waals surface area (Å²) in [6.07, 6.45) is 4.32. The molecular formula is C18H21N3O. The molecule has 3 rings (SSSR count). The molecule has 2 heterocycles. The Bertz CT molecular complexity index is 625. The molecule has 0 radical (unpaired) electrons. The van der Waals surface area contributed by atoms with Crippen LogP contribution in [0.2, 0.25) is 0 Å². The van der Waals surface area contributed by atoms with Crippen LogP contribution in [-0.4, -0.2) is 24.0 Å². The molecule has 0 bridgehead atoms. The Balaban J connectivity index is 1.67. The number of rotatable bonds is 3. The van der Waals surface area contributed by atoms with Gasteiger partial charge >= 0.3 is 0 Å². The lowest BCUT2D eigenvalue weighted by Crippen LogP contribution is -2.34. The number of pyridine rings is 1. The van der Waals surface area contributed by atoms with E-state index in [-0.39, 0.29) is 5.91 Å². The fourth-order valence-electron chi connectivity index (χ4n) is 2.85. The predicted octanol–water partition coefficient (Wildman–Crippen LogP) is 3.57. The van der Waals surface area contributed by atoms with Crippen LogP contribution in [0.1, 0.15) is 30.3 Å². The molecule has 1 N–H and O–H groups in total. The summed E-state index contributed by atoms with van der Waals surface area (Å²) in [5.41, 5.74) is 2.32. The minimum absolute atomic E-state index is 0.176. The maximum Gasteiger partial charge on any atom is 0.274 e. The van der Waals surface area contributed by atoms with Crippen molar-refractivity contribution in [3.63, 3.8) is 0 Å². The smallest absolute Gasteiger partial charge is 0.274 e. The number of carbonyl (C=O) groups is 1. The molecule has 1 atom stereocenters. The van der Waals surface area contributed by atoms with E-state index < -0.39 is 0 Å². The minimum Gasteiger partial charge on any atom is -0.370 e. The van der Waals surface area contributed by atoms with Crippen molar-refractivity contribution in [3.8, 4) is 0 Å². The number of piperidine rings is 1. The molecule has 2 aromatic rings. The number of carbonyl (C=O) groups excluding carboxylic acids is 1. The Morgan fingerprint density at radius 2 is 2.05 bits per heavy atom. The van der Waals surface area contributed by atoms with Crippen LogP contribution < -0.4 is 10.2 Å². The van der Waals surface area contributed by atoms with E-state index in [0.29, 0.717) is 5.69 Å². The van der Waals surface area contributed by atoms with Crippen molar-refractivity contribution in [1.82, 2.24) is 4.98 Å². The van der Waals surface area contributed by atoms with Crippen LogP contribution in [0, 0.1) is 5.92 Å². The summed E-state index contributed by atoms with van der Waals surface area (Å²) in [5.74, 6) is 0.541. The maximum absolute atomic E-state index is 12.2. The van der Waals surface area contributed by atoms with Crippen LogP contribution in [0.25, 0.3) is 0 Å². The van der Waals surface area contributed by atoms with Crippen LogP contribution in [0.5, 0.6) is 0 Å². The highest BCUT2D eigenvalue weighted by Crippen LogP contribution is 2.22. The second kappa shape index (κ2) is 6.60. The van der Waals surface area contributed by atoms with Crippen LogP contribution in [-0.2, 0) is 0 Å². The Morgan fingerprint density at radius 1 is 1.23 bits per heavy atom. The first-order valence-electron chi connectivity index (χ1n) is 7.80. The van der Waals surface area contributed by atoms with Crippen molar-refractivity contribution >= 4 is 17.3 Å². The van der Waals surface area contributed by atoms with Crippen molar-refractivity contribution in [3.05, 3.63) is 54.4 Å². The van der Waals surface area contributed by atoms with E-state index >= 15 is 0 Å². The van der Waals surface area contributed by atoms with Crippen molar-refractivity contribution in [2.24, 2.45) is 5.92 Å². The molecule has 1 aromatic carbocycles. The second-order valence-corrected chi connectivity index (χ2v) is 5.92. The molecule has 1 saturated heterocycles. The van der Waals surface area contributed by atoms with E-state index in [4.69, 9.17) is 0 Å². The number of nitrogens with one attached hydrogen (secondary N) is 1. The van der Waals surface area contributed by atoms with E-state index in [0.717, 1.165) is 30.4 Å². The Hall–Kier alpha value is -2.36. The van der Waals surface area contributed by atoms with E-state index in [9.17, 15) is 4.79 Å². The Labute approximate surface area is 131 Å². The molecule has 0 spiro atoms. The van der Waals surface area contributed by atoms with Gasteiger partial charge in [0.05, 0.1) is 11.9 Å². The van der Waals surface area contributed by atoms with Gasteiger partial charge in [-0.3, -0.25) is 4.79 Å². The van der Waals surface area contributed by atoms with Crippen molar-refractivity contribution in [2.75, 3.05) is 23.3 Å². The average molecular weight is 295 g/mol. The first-order chi connectivity index (χ1) is 10.7. The van der Waals surface area contributed by atoms with Crippen LogP contribution in [0.15, 0.2) is 48.7 Å². The van der Waals surface area contributed by atoms with Crippen LogP contribution in [0.4, 0.5) is 11.4 Å². The number of anilines is 2. The zero-order chi connectivity index (χ0) is 15.4. The largest absolute Gasteiger partial charge is 0.370 e. The minimum atomic E-state index is -0.176. The third-order valence-corrected chi connectivity index (χ3v) is 4.03. The number of benzene rings is 1. The van der Waals surface area contributed by atoms with E-state index in [1.807, 2.05) is 36.4 Å². The molecule has 1 aliphatic heterocycles. The van der Waals surface area contributed by atoms with E-state index in [1.54, 1.807) is 12.3 Å². The fourth-order valence-corrected chi connectivity index (χ4v) is 2.85. The number of para-hydroxylation sites is 1. The van der Waals surface area contributed by atoms with E-state index in [2.05, 4.69) is 22.1 Å². The lowest BCUT2D eigenvalue weighted by molar-refractivity contribution is 0.102. The van der Waals surface area contributed by atoms with Gasteiger partial charge in [-0.1, -0.05) is 25.1 Å². The highest BCUT2D eigenvalue weighted by Gasteiger charge is 2.17. The molecule has 1 fully saturated rings. The molecular weight excluding hydrogens is 274 g/mol. The number of hydrogen-bond acceptors (Lipinski definition) is 3. The molecule has 4 heteroatoms. The Morgan fingerprint density at radius 3 is 2.73 bits per heavy atom. The van der Waals surface area contributed by atoms with Crippen molar-refractivity contribution in [1.29, 1.82) is 0 Å². The summed E-state index contributed by atoms with van der Waals surface area (Å²) in [5, 5.41) is 2.85. The zero-order valence-electron chi connectivity index (χ0n) is 12.8. The summed E-state index contributed by atoms with van der Waals surface area (Å²) in [7, 11) is 0. The summed E-state index contributed by atoms with van der Waals surface area (Å²) in [4.78, 5) is 18.8. The molecule has 1 unspecified atom stereocenters. The lowest BCUT2D eigenvalue weighted by atomic mass is 10.00. The van der Waals surface area contributed by atoms with Crippen molar-refractivity contribution in [2.45, 2.75) is 19.8 Å². The van der Waals surface area contributed by atoms with Gasteiger partial charge in [0.1, 0.15) is 5.69 Å². The molecule has 0 saturated carbocycles. The molecule has 0 aliphatic carbocycles. The first-order valence-corrected chi connectivity index (χ1v) is 7.80. The number of hydrogen-bond donors (Lipinski definition) is 1. The predicted molar refractivity (Wildman–Crippen MR) is 89.2 cm³/mol. The van der Waals surface area contributed by atoms with Gasteiger partial charge in [0.2, 0.25) is 0 Å². The van der Waals surface area contributed by atoms with Gasteiger partial charge in [-0.25, -0.2) is 4.98 Å². The molecule has 22 heavy (non-hydrogen) atoms. The molecule has 1 amide bonds. The topological polar surface area (TPSA) is 45.2 Å². The summed E-state index contributed by atoms with van der Waals surface area (Å²) < 4.78 is 0. The number of amides is 1. The monoisotopic (exact) mass is 295 g/mol. The van der Waals surface area contributed by atoms with E-state index in [1.165, 1.54) is 12.8 Å². The van der Waals surface area contributed by atoms with Crippen molar-refractivity contribution < 1.29 is 4.79 Å². The highest BCUT2D eigenvalue weighted by atomic mass is 16.1. The van der Waals surface area contributed by atoms with Gasteiger partial charge in [-0.15, -0.1) is 0 Å². The lowest BCUT2D eigenvalue weighted by Gasteiger charge is -2.32. The third kappa shape index (κ3) is 3.45. The van der Waals surface area contributed by atoms with Crippen LogP contribution in [0.3, 0.4) is 0 Å². The maximum atomic E-state index is 12.2. The molecule has 1 aliphatic rings. The summed E-state index contributed by atoms with van der Waals surface area (Å²) in [6, 6.07) is 13.2. The summed E-state index contributed by atoms with van der Waals surface area (Å²) in [6.45, 7) is 4.42. The van der Waals surface area contributed by atoms with Gasteiger partial charge in [0.15, 0.2) is 0 Å². The van der Waals surface area contributed by atoms with Gasteiger partial charge < -0.3 is 10.2 Å². The van der Waals surface area contributed by atoms with Gasteiger partial charge in [-0.05, 0) is 43.0 Å². The standard InChI is InChI=1S/C18H21N3O/c1-14-6-5-11-21(13-14)16-9-10-17(19-12-16)18(22)20-15-7-3-2-4-8-15/h2-4,7-10,12,14H,5-6,11,13H2,1H3,(H,20,22). The average Bonchev–Trinajstić information content (AvgIpc) is 2.56. The Kier molecular flexibility index (Phi) is 4.37. The quantitative estimate of drug-likeness (QED) is 0.941. The van der Waals surface area contributed by atoms with Gasteiger partial charge in [0, 0.05) is 18.8 Å². The fraction of sp³-hybridized carbons (Fsp3) is 0.333. The van der Waals surface area contributed by atoms with Gasteiger partial charge in [0.25, 0.3) is 5.91 Å². The SMILES string of the molecule is CC1CCCN(c2ccc(C(=O)Nc3ccccc3)nc2)C1. The summed E-state index contributed by atoms with van der Waals surface area (Å²) >= 11 is 0. The first kappa shape index (κ1) is 14.6. The number of aromatic nitrogens is 1. The second-order valence-electron chi connectivity index (χ2n) is 5.92. The number of nitrogens with zero attached hydrogens (tertiary/aromatic N) is 2. The van der Waals surface area contributed by atoms with Crippen LogP contribution >= 0.6 is 0 Å². The normalized spacial score (nSPS) is 18.0.